The van der Waals surface area contributed by atoms with Crippen LogP contribution in [0, 0.1) is 0 Å². The first-order chi connectivity index (χ1) is 7.79. The molecule has 0 aliphatic heterocycles. The van der Waals surface area contributed by atoms with E-state index < -0.39 is 0 Å². The van der Waals surface area contributed by atoms with Crippen LogP contribution in [0.3, 0.4) is 0 Å². The van der Waals surface area contributed by atoms with Crippen molar-refractivity contribution in [2.24, 2.45) is 0 Å². The van der Waals surface area contributed by atoms with Gasteiger partial charge in [-0.3, -0.25) is 4.79 Å². The largest absolute Gasteiger partial charge is 0.472 e. The highest BCUT2D eigenvalue weighted by Gasteiger charge is 2.07. The number of aryl methyl sites for hydroxylation is 1. The van der Waals surface area contributed by atoms with E-state index in [1.807, 2.05) is 30.3 Å². The molecule has 0 saturated heterocycles. The Morgan fingerprint density at radius 2 is 1.88 bits per heavy atom. The Morgan fingerprint density at radius 1 is 1.12 bits per heavy atom. The second-order valence-electron chi connectivity index (χ2n) is 3.78. The quantitative estimate of drug-likeness (QED) is 0.731. The average Bonchev–Trinajstić information content (AvgIpc) is 2.82. The summed E-state index contributed by atoms with van der Waals surface area (Å²) in [5.74, 6) is 0.129. The third kappa shape index (κ3) is 2.40. The minimum atomic E-state index is 0.129. The molecule has 2 nitrogen and oxygen atoms in total. The highest BCUT2D eigenvalue weighted by Crippen LogP contribution is 2.10. The summed E-state index contributed by atoms with van der Waals surface area (Å²) < 4.78 is 4.94. The van der Waals surface area contributed by atoms with E-state index in [9.17, 15) is 4.79 Å². The predicted octanol–water partition coefficient (Wildman–Crippen LogP) is 3.27. The monoisotopic (exact) mass is 214 g/mol. The Kier molecular flexibility index (Phi) is 3.20. The summed E-state index contributed by atoms with van der Waals surface area (Å²) in [5, 5.41) is 0. The first-order valence-corrected chi connectivity index (χ1v) is 5.43. The SMILES string of the molecule is CCc1ccc(C(=O)Cc2ccoc2)cc1. The highest BCUT2D eigenvalue weighted by atomic mass is 16.3. The molecule has 0 unspecified atom stereocenters. The molecule has 0 N–H and O–H groups in total. The van der Waals surface area contributed by atoms with Crippen molar-refractivity contribution in [1.82, 2.24) is 0 Å². The zero-order valence-corrected chi connectivity index (χ0v) is 9.27. The molecule has 1 aromatic heterocycles. The van der Waals surface area contributed by atoms with Crippen molar-refractivity contribution >= 4 is 5.78 Å². The van der Waals surface area contributed by atoms with E-state index in [0.29, 0.717) is 6.42 Å². The van der Waals surface area contributed by atoms with Gasteiger partial charge in [-0.1, -0.05) is 31.2 Å². The van der Waals surface area contributed by atoms with Crippen molar-refractivity contribution in [3.63, 3.8) is 0 Å². The van der Waals surface area contributed by atoms with Gasteiger partial charge in [0.1, 0.15) is 0 Å². The molecular formula is C14H14O2. The van der Waals surface area contributed by atoms with Crippen LogP contribution < -0.4 is 0 Å². The molecule has 2 heteroatoms. The number of carbonyl (C=O) groups excluding carboxylic acids is 1. The number of hydrogen-bond donors (Lipinski definition) is 0. The number of furan rings is 1. The molecule has 82 valence electrons. The van der Waals surface area contributed by atoms with Crippen LogP contribution in [0.4, 0.5) is 0 Å². The molecule has 2 rings (SSSR count). The Labute approximate surface area is 94.9 Å². The van der Waals surface area contributed by atoms with Gasteiger partial charge in [0.2, 0.25) is 0 Å². The van der Waals surface area contributed by atoms with Gasteiger partial charge in [0.05, 0.1) is 12.5 Å². The van der Waals surface area contributed by atoms with E-state index >= 15 is 0 Å². The summed E-state index contributed by atoms with van der Waals surface area (Å²) in [7, 11) is 0. The molecule has 2 aromatic rings. The van der Waals surface area contributed by atoms with Crippen LogP contribution in [0.25, 0.3) is 0 Å². The molecule has 1 heterocycles. The third-order valence-electron chi connectivity index (χ3n) is 2.63. The summed E-state index contributed by atoms with van der Waals surface area (Å²) >= 11 is 0. The number of Topliss-reactive ketones (excluding diaryl/α,β-unsaturated/α-hetero) is 1. The van der Waals surface area contributed by atoms with Crippen molar-refractivity contribution in [2.75, 3.05) is 0 Å². The van der Waals surface area contributed by atoms with Crippen molar-refractivity contribution in [3.8, 4) is 0 Å². The van der Waals surface area contributed by atoms with Crippen molar-refractivity contribution in [3.05, 3.63) is 59.5 Å². The van der Waals surface area contributed by atoms with Crippen LogP contribution >= 0.6 is 0 Å². The van der Waals surface area contributed by atoms with Gasteiger partial charge in [0.25, 0.3) is 0 Å². The summed E-state index contributed by atoms with van der Waals surface area (Å²) in [6.45, 7) is 2.10. The Balaban J connectivity index is 2.09. The van der Waals surface area contributed by atoms with Crippen molar-refractivity contribution < 1.29 is 9.21 Å². The number of carbonyl (C=O) groups is 1. The summed E-state index contributed by atoms with van der Waals surface area (Å²) in [6, 6.07) is 9.60. The third-order valence-corrected chi connectivity index (χ3v) is 2.63. The van der Waals surface area contributed by atoms with E-state index in [2.05, 4.69) is 6.92 Å². The molecule has 0 fully saturated rings. The van der Waals surface area contributed by atoms with Gasteiger partial charge in [0, 0.05) is 12.0 Å². The van der Waals surface area contributed by atoms with E-state index in [1.165, 1.54) is 5.56 Å². The second kappa shape index (κ2) is 4.79. The standard InChI is InChI=1S/C14H14O2/c1-2-11-3-5-13(6-4-11)14(15)9-12-7-8-16-10-12/h3-8,10H,2,9H2,1H3. The lowest BCUT2D eigenvalue weighted by atomic mass is 10.0. The molecule has 0 bridgehead atoms. The molecule has 0 amide bonds. The van der Waals surface area contributed by atoms with Gasteiger partial charge >= 0.3 is 0 Å². The van der Waals surface area contributed by atoms with Crippen LogP contribution in [0.5, 0.6) is 0 Å². The molecule has 1 aromatic carbocycles. The van der Waals surface area contributed by atoms with Gasteiger partial charge in [-0.05, 0) is 23.6 Å². The Hall–Kier alpha value is -1.83. The second-order valence-corrected chi connectivity index (χ2v) is 3.78. The Morgan fingerprint density at radius 3 is 2.44 bits per heavy atom. The zero-order chi connectivity index (χ0) is 11.4. The van der Waals surface area contributed by atoms with Gasteiger partial charge in [-0.15, -0.1) is 0 Å². The molecule has 0 spiro atoms. The lowest BCUT2D eigenvalue weighted by Gasteiger charge is -2.00. The van der Waals surface area contributed by atoms with Gasteiger partial charge in [-0.2, -0.15) is 0 Å². The van der Waals surface area contributed by atoms with Crippen molar-refractivity contribution in [1.29, 1.82) is 0 Å². The maximum atomic E-state index is 11.9. The van der Waals surface area contributed by atoms with Gasteiger partial charge in [0.15, 0.2) is 5.78 Å². The highest BCUT2D eigenvalue weighted by molar-refractivity contribution is 5.97. The lowest BCUT2D eigenvalue weighted by Crippen LogP contribution is -2.02. The predicted molar refractivity (Wildman–Crippen MR) is 62.6 cm³/mol. The van der Waals surface area contributed by atoms with Gasteiger partial charge < -0.3 is 4.42 Å². The van der Waals surface area contributed by atoms with E-state index in [4.69, 9.17) is 4.42 Å². The first kappa shape index (κ1) is 10.7. The minimum Gasteiger partial charge on any atom is -0.472 e. The van der Waals surface area contributed by atoms with E-state index in [1.54, 1.807) is 12.5 Å². The maximum Gasteiger partial charge on any atom is 0.167 e. The molecule has 0 aliphatic carbocycles. The van der Waals surface area contributed by atoms with Gasteiger partial charge in [-0.25, -0.2) is 0 Å². The molecule has 0 atom stereocenters. The zero-order valence-electron chi connectivity index (χ0n) is 9.27. The first-order valence-electron chi connectivity index (χ1n) is 5.43. The molecule has 16 heavy (non-hydrogen) atoms. The molecule has 0 aliphatic rings. The fourth-order valence-corrected chi connectivity index (χ4v) is 1.61. The maximum absolute atomic E-state index is 11.9. The number of hydrogen-bond acceptors (Lipinski definition) is 2. The molecular weight excluding hydrogens is 200 g/mol. The van der Waals surface area contributed by atoms with Crippen LogP contribution in [-0.2, 0) is 12.8 Å². The number of ketones is 1. The smallest absolute Gasteiger partial charge is 0.167 e. The Bertz CT molecular complexity index is 452. The van der Waals surface area contributed by atoms with Crippen molar-refractivity contribution in [2.45, 2.75) is 19.8 Å². The summed E-state index contributed by atoms with van der Waals surface area (Å²) in [4.78, 5) is 11.9. The van der Waals surface area contributed by atoms with Crippen LogP contribution in [-0.4, -0.2) is 5.78 Å². The average molecular weight is 214 g/mol. The fraction of sp³-hybridized carbons (Fsp3) is 0.214. The molecule has 0 saturated carbocycles. The van der Waals surface area contributed by atoms with Crippen LogP contribution in [0.15, 0.2) is 47.3 Å². The fourth-order valence-electron chi connectivity index (χ4n) is 1.61. The van der Waals surface area contributed by atoms with Crippen LogP contribution in [0.2, 0.25) is 0 Å². The summed E-state index contributed by atoms with van der Waals surface area (Å²) in [5.41, 5.74) is 2.93. The molecule has 0 radical (unpaired) electrons. The lowest BCUT2D eigenvalue weighted by molar-refractivity contribution is 0.0992. The topological polar surface area (TPSA) is 30.2 Å². The summed E-state index contributed by atoms with van der Waals surface area (Å²) in [6.07, 6.45) is 4.60. The van der Waals surface area contributed by atoms with E-state index in [-0.39, 0.29) is 5.78 Å². The van der Waals surface area contributed by atoms with Crippen LogP contribution in [0.1, 0.15) is 28.4 Å². The number of rotatable bonds is 4. The minimum absolute atomic E-state index is 0.129. The number of benzene rings is 1. The van der Waals surface area contributed by atoms with E-state index in [0.717, 1.165) is 17.5 Å². The normalized spacial score (nSPS) is 10.3.